The van der Waals surface area contributed by atoms with Gasteiger partial charge in [-0.15, -0.1) is 0 Å². The zero-order chi connectivity index (χ0) is 14.3. The van der Waals surface area contributed by atoms with Crippen molar-refractivity contribution in [2.24, 2.45) is 0 Å². The summed E-state index contributed by atoms with van der Waals surface area (Å²) in [7, 11) is 0. The second kappa shape index (κ2) is 7.20. The summed E-state index contributed by atoms with van der Waals surface area (Å²) in [6.07, 6.45) is 0.864. The molecule has 1 aromatic rings. The number of rotatable bonds is 6. The Morgan fingerprint density at radius 1 is 1.47 bits per heavy atom. The lowest BCUT2D eigenvalue weighted by Gasteiger charge is -2.15. The molecule has 5 nitrogen and oxygen atoms in total. The van der Waals surface area contributed by atoms with Gasteiger partial charge in [0.05, 0.1) is 0 Å². The minimum Gasteiger partial charge on any atom is -0.480 e. The number of ether oxygens (including phenoxy) is 1. The number of hydrogen-bond acceptors (Lipinski definition) is 3. The topological polar surface area (TPSA) is 75.6 Å². The monoisotopic (exact) mass is 263 g/mol. The first-order chi connectivity index (χ1) is 9.04. The molecule has 2 N–H and O–H groups in total. The van der Waals surface area contributed by atoms with Crippen molar-refractivity contribution in [3.8, 4) is 0 Å². The predicted molar refractivity (Wildman–Crippen MR) is 71.0 cm³/mol. The van der Waals surface area contributed by atoms with Crippen LogP contribution in [-0.4, -0.2) is 29.8 Å². The van der Waals surface area contributed by atoms with Gasteiger partial charge in [0, 0.05) is 6.42 Å². The number of hydrogen-bond donors (Lipinski definition) is 2. The van der Waals surface area contributed by atoms with Crippen LogP contribution < -0.4 is 5.32 Å². The molecule has 0 spiro atoms. The lowest BCUT2D eigenvalue weighted by atomic mass is 10.0. The van der Waals surface area contributed by atoms with E-state index in [9.17, 15) is 9.59 Å². The summed E-state index contributed by atoms with van der Waals surface area (Å²) in [6, 6.07) is 6.42. The molecule has 0 aliphatic carbocycles. The van der Waals surface area contributed by atoms with Crippen molar-refractivity contribution in [1.29, 1.82) is 0 Å². The number of nitrogens with one attached hydrogen (secondary N) is 1. The summed E-state index contributed by atoms with van der Waals surface area (Å²) in [5, 5.41) is 11.4. The number of aliphatic carboxylic acids is 1. The Morgan fingerprint density at radius 2 is 2.16 bits per heavy atom. The van der Waals surface area contributed by atoms with Crippen LogP contribution in [0.3, 0.4) is 0 Å². The molecule has 5 heteroatoms. The van der Waals surface area contributed by atoms with Crippen molar-refractivity contribution >= 4 is 12.1 Å². The van der Waals surface area contributed by atoms with E-state index in [1.807, 2.05) is 31.2 Å². The third-order valence-corrected chi connectivity index (χ3v) is 2.61. The smallest absolute Gasteiger partial charge is 0.408 e. The molecule has 0 saturated carbocycles. The summed E-state index contributed by atoms with van der Waals surface area (Å²) >= 11 is 0. The van der Waals surface area contributed by atoms with Crippen LogP contribution >= 0.6 is 0 Å². The number of carboxylic acid groups (broad SMARTS) is 1. The zero-order valence-corrected chi connectivity index (χ0v) is 10.8. The number of amides is 1. The van der Waals surface area contributed by atoms with Crippen molar-refractivity contribution in [3.63, 3.8) is 0 Å². The lowest BCUT2D eigenvalue weighted by Crippen LogP contribution is -2.42. The zero-order valence-electron chi connectivity index (χ0n) is 10.8. The Morgan fingerprint density at radius 3 is 2.74 bits per heavy atom. The first-order valence-electron chi connectivity index (χ1n) is 5.86. The maximum Gasteiger partial charge on any atom is 0.408 e. The molecule has 0 aliphatic rings. The van der Waals surface area contributed by atoms with E-state index in [1.54, 1.807) is 0 Å². The largest absolute Gasteiger partial charge is 0.480 e. The van der Waals surface area contributed by atoms with Crippen LogP contribution in [0, 0.1) is 6.92 Å². The standard InChI is InChI=1S/C14H17NO4/c1-3-8-19-14(18)15-12(13(16)17)9-11-7-5-4-6-10(11)2/h3-7,12H,1,8-9H2,2H3,(H,15,18)(H,16,17)/t12-/m1/s1. The van der Waals surface area contributed by atoms with E-state index in [2.05, 4.69) is 11.9 Å². The van der Waals surface area contributed by atoms with E-state index in [0.717, 1.165) is 11.1 Å². The molecule has 0 aliphatic heterocycles. The quantitative estimate of drug-likeness (QED) is 0.769. The van der Waals surface area contributed by atoms with Gasteiger partial charge in [-0.25, -0.2) is 9.59 Å². The van der Waals surface area contributed by atoms with Crippen molar-refractivity contribution in [1.82, 2.24) is 5.32 Å². The number of carbonyl (C=O) groups excluding carboxylic acids is 1. The highest BCUT2D eigenvalue weighted by molar-refractivity contribution is 5.80. The fourth-order valence-electron chi connectivity index (χ4n) is 1.58. The maximum atomic E-state index is 11.3. The minimum atomic E-state index is -1.10. The van der Waals surface area contributed by atoms with Crippen LogP contribution in [0.25, 0.3) is 0 Å². The van der Waals surface area contributed by atoms with Gasteiger partial charge in [0.25, 0.3) is 0 Å². The van der Waals surface area contributed by atoms with Crippen LogP contribution in [0.15, 0.2) is 36.9 Å². The summed E-state index contributed by atoms with van der Waals surface area (Å²) in [4.78, 5) is 22.5. The fraction of sp³-hybridized carbons (Fsp3) is 0.286. The van der Waals surface area contributed by atoms with Crippen molar-refractivity contribution in [3.05, 3.63) is 48.0 Å². The average molecular weight is 263 g/mol. The Hall–Kier alpha value is -2.30. The molecule has 0 radical (unpaired) electrons. The van der Waals surface area contributed by atoms with Gasteiger partial charge in [0.2, 0.25) is 0 Å². The van der Waals surface area contributed by atoms with E-state index >= 15 is 0 Å². The summed E-state index contributed by atoms with van der Waals surface area (Å²) < 4.78 is 4.71. The summed E-state index contributed by atoms with van der Waals surface area (Å²) in [5.41, 5.74) is 1.86. The van der Waals surface area contributed by atoms with Gasteiger partial charge in [-0.2, -0.15) is 0 Å². The van der Waals surface area contributed by atoms with Crippen LogP contribution in [0.1, 0.15) is 11.1 Å². The van der Waals surface area contributed by atoms with Gasteiger partial charge >= 0.3 is 12.1 Å². The molecule has 1 aromatic carbocycles. The molecular weight excluding hydrogens is 246 g/mol. The lowest BCUT2D eigenvalue weighted by molar-refractivity contribution is -0.139. The highest BCUT2D eigenvalue weighted by Crippen LogP contribution is 2.10. The molecule has 0 aromatic heterocycles. The average Bonchev–Trinajstić information content (AvgIpc) is 2.38. The highest BCUT2D eigenvalue weighted by atomic mass is 16.5. The number of alkyl carbamates (subject to hydrolysis) is 1. The molecule has 0 unspecified atom stereocenters. The number of benzene rings is 1. The molecule has 1 amide bonds. The Kier molecular flexibility index (Phi) is 5.60. The van der Waals surface area contributed by atoms with Crippen LogP contribution in [0.4, 0.5) is 4.79 Å². The van der Waals surface area contributed by atoms with Gasteiger partial charge in [-0.1, -0.05) is 36.9 Å². The number of carbonyl (C=O) groups is 2. The molecule has 0 fully saturated rings. The highest BCUT2D eigenvalue weighted by Gasteiger charge is 2.21. The van der Waals surface area contributed by atoms with Crippen LogP contribution in [-0.2, 0) is 16.0 Å². The van der Waals surface area contributed by atoms with E-state index in [-0.39, 0.29) is 13.0 Å². The molecule has 1 rings (SSSR count). The van der Waals surface area contributed by atoms with E-state index in [0.29, 0.717) is 0 Å². The van der Waals surface area contributed by atoms with Gasteiger partial charge < -0.3 is 15.2 Å². The summed E-state index contributed by atoms with van der Waals surface area (Å²) in [6.45, 7) is 5.34. The molecule has 102 valence electrons. The van der Waals surface area contributed by atoms with Gasteiger partial charge in [-0.05, 0) is 18.1 Å². The van der Waals surface area contributed by atoms with Gasteiger partial charge in [0.15, 0.2) is 0 Å². The Bertz CT molecular complexity index is 470. The van der Waals surface area contributed by atoms with E-state index in [4.69, 9.17) is 9.84 Å². The third kappa shape index (κ3) is 4.83. The molecule has 0 bridgehead atoms. The summed E-state index contributed by atoms with van der Waals surface area (Å²) in [5.74, 6) is -1.10. The minimum absolute atomic E-state index is 0.0442. The molecular formula is C14H17NO4. The van der Waals surface area contributed by atoms with E-state index < -0.39 is 18.1 Å². The Balaban J connectivity index is 2.68. The van der Waals surface area contributed by atoms with Crippen molar-refractivity contribution < 1.29 is 19.4 Å². The van der Waals surface area contributed by atoms with Crippen molar-refractivity contribution in [2.75, 3.05) is 6.61 Å². The molecule has 0 heterocycles. The van der Waals surface area contributed by atoms with Crippen molar-refractivity contribution in [2.45, 2.75) is 19.4 Å². The normalized spacial score (nSPS) is 11.4. The number of carboxylic acids is 1. The predicted octanol–water partition coefficient (Wildman–Crippen LogP) is 1.90. The van der Waals surface area contributed by atoms with E-state index in [1.165, 1.54) is 6.08 Å². The first kappa shape index (κ1) is 14.8. The molecule has 19 heavy (non-hydrogen) atoms. The van der Waals surface area contributed by atoms with Crippen LogP contribution in [0.2, 0.25) is 0 Å². The molecule has 0 saturated heterocycles. The third-order valence-electron chi connectivity index (χ3n) is 2.61. The number of aryl methyl sites for hydroxylation is 1. The second-order valence-electron chi connectivity index (χ2n) is 4.05. The Labute approximate surface area is 111 Å². The molecule has 1 atom stereocenters. The fourth-order valence-corrected chi connectivity index (χ4v) is 1.58. The SMILES string of the molecule is C=CCOC(=O)N[C@H](Cc1ccccc1C)C(=O)O. The second-order valence-corrected chi connectivity index (χ2v) is 4.05. The van der Waals surface area contributed by atoms with Gasteiger partial charge in [-0.3, -0.25) is 0 Å². The van der Waals surface area contributed by atoms with Gasteiger partial charge in [0.1, 0.15) is 12.6 Å². The van der Waals surface area contributed by atoms with Crippen LogP contribution in [0.5, 0.6) is 0 Å². The maximum absolute atomic E-state index is 11.3. The first-order valence-corrected chi connectivity index (χ1v) is 5.86.